The highest BCUT2D eigenvalue weighted by molar-refractivity contribution is 7.93. The number of benzene rings is 1. The molecule has 0 atom stereocenters. The first-order valence-corrected chi connectivity index (χ1v) is 8.31. The van der Waals surface area contributed by atoms with Crippen LogP contribution in [-0.4, -0.2) is 23.7 Å². The van der Waals surface area contributed by atoms with E-state index in [9.17, 15) is 8.42 Å². The normalized spacial score (nSPS) is 11.8. The van der Waals surface area contributed by atoms with Crippen molar-refractivity contribution in [3.8, 4) is 5.75 Å². The molecule has 1 aromatic heterocycles. The average Bonchev–Trinajstić information content (AvgIpc) is 2.75. The fourth-order valence-electron chi connectivity index (χ4n) is 1.53. The standard InChI is InChI=1S/C12H15N3O3S2/c1-8(2)7-11-13-14-12(19-11)15-20(17,18)10-5-3-9(16)4-6-10/h3-6,8,16H,7H2,1-2H3,(H,14,15). The largest absolute Gasteiger partial charge is 0.508 e. The second kappa shape index (κ2) is 5.76. The molecule has 0 saturated heterocycles. The molecule has 1 aromatic carbocycles. The highest BCUT2D eigenvalue weighted by Crippen LogP contribution is 2.22. The number of phenolic OH excluding ortho intramolecular Hbond substituents is 1. The molecule has 6 nitrogen and oxygen atoms in total. The molecule has 8 heteroatoms. The molecule has 20 heavy (non-hydrogen) atoms. The van der Waals surface area contributed by atoms with E-state index in [1.54, 1.807) is 0 Å². The molecule has 2 rings (SSSR count). The van der Waals surface area contributed by atoms with Gasteiger partial charge in [-0.15, -0.1) is 10.2 Å². The maximum atomic E-state index is 12.1. The lowest BCUT2D eigenvalue weighted by atomic mass is 10.1. The van der Waals surface area contributed by atoms with Crippen LogP contribution in [0.3, 0.4) is 0 Å². The molecule has 2 N–H and O–H groups in total. The summed E-state index contributed by atoms with van der Waals surface area (Å²) in [6, 6.07) is 5.29. The van der Waals surface area contributed by atoms with Gasteiger partial charge in [0, 0.05) is 6.42 Å². The van der Waals surface area contributed by atoms with Crippen LogP contribution in [0.25, 0.3) is 0 Å². The third-order valence-corrected chi connectivity index (χ3v) is 4.76. The van der Waals surface area contributed by atoms with Crippen molar-refractivity contribution in [2.45, 2.75) is 25.2 Å². The number of aromatic nitrogens is 2. The molecule has 2 aromatic rings. The summed E-state index contributed by atoms with van der Waals surface area (Å²) in [4.78, 5) is 0.0657. The zero-order chi connectivity index (χ0) is 14.8. The summed E-state index contributed by atoms with van der Waals surface area (Å²) < 4.78 is 26.6. The summed E-state index contributed by atoms with van der Waals surface area (Å²) in [6.45, 7) is 4.11. The lowest BCUT2D eigenvalue weighted by molar-refractivity contribution is 0.475. The van der Waals surface area contributed by atoms with Gasteiger partial charge in [0.2, 0.25) is 5.13 Å². The van der Waals surface area contributed by atoms with Crippen molar-refractivity contribution in [3.05, 3.63) is 29.3 Å². The van der Waals surface area contributed by atoms with Gasteiger partial charge in [0.05, 0.1) is 4.90 Å². The van der Waals surface area contributed by atoms with Crippen molar-refractivity contribution in [1.29, 1.82) is 0 Å². The maximum absolute atomic E-state index is 12.1. The van der Waals surface area contributed by atoms with Crippen molar-refractivity contribution < 1.29 is 13.5 Å². The molecule has 0 aliphatic heterocycles. The lowest BCUT2D eigenvalue weighted by Crippen LogP contribution is -2.12. The molecule has 0 amide bonds. The van der Waals surface area contributed by atoms with Gasteiger partial charge in [-0.2, -0.15) is 0 Å². The molecular formula is C12H15N3O3S2. The Bertz CT molecular complexity index is 678. The van der Waals surface area contributed by atoms with E-state index in [4.69, 9.17) is 5.11 Å². The van der Waals surface area contributed by atoms with E-state index in [-0.39, 0.29) is 15.8 Å². The van der Waals surface area contributed by atoms with Crippen LogP contribution in [0.2, 0.25) is 0 Å². The number of rotatable bonds is 5. The van der Waals surface area contributed by atoms with Gasteiger partial charge in [-0.25, -0.2) is 8.42 Å². The second-order valence-corrected chi connectivity index (χ2v) is 7.44. The minimum Gasteiger partial charge on any atom is -0.508 e. The molecular weight excluding hydrogens is 298 g/mol. The Balaban J connectivity index is 2.16. The topological polar surface area (TPSA) is 92.2 Å². The number of nitrogens with one attached hydrogen (secondary N) is 1. The lowest BCUT2D eigenvalue weighted by Gasteiger charge is -2.04. The van der Waals surface area contributed by atoms with Gasteiger partial charge < -0.3 is 5.11 Å². The molecule has 1 heterocycles. The van der Waals surface area contributed by atoms with Crippen LogP contribution in [0.1, 0.15) is 18.9 Å². The third-order valence-electron chi connectivity index (χ3n) is 2.42. The molecule has 0 fully saturated rings. The van der Waals surface area contributed by atoms with E-state index in [2.05, 4.69) is 28.8 Å². The monoisotopic (exact) mass is 313 g/mol. The molecule has 108 valence electrons. The van der Waals surface area contributed by atoms with Crippen LogP contribution in [0.15, 0.2) is 29.2 Å². The first kappa shape index (κ1) is 14.7. The van der Waals surface area contributed by atoms with Gasteiger partial charge in [0.15, 0.2) is 0 Å². The van der Waals surface area contributed by atoms with Crippen LogP contribution in [-0.2, 0) is 16.4 Å². The van der Waals surface area contributed by atoms with E-state index < -0.39 is 10.0 Å². The van der Waals surface area contributed by atoms with Crippen molar-refractivity contribution >= 4 is 26.5 Å². The zero-order valence-corrected chi connectivity index (χ0v) is 12.7. The molecule has 0 bridgehead atoms. The van der Waals surface area contributed by atoms with Crippen molar-refractivity contribution in [2.75, 3.05) is 4.72 Å². The van der Waals surface area contributed by atoms with Gasteiger partial charge in [-0.1, -0.05) is 25.2 Å². The number of nitrogens with zero attached hydrogens (tertiary/aromatic N) is 2. The predicted octanol–water partition coefficient (Wildman–Crippen LogP) is 2.24. The minimum absolute atomic E-state index is 0.0130. The molecule has 0 spiro atoms. The Morgan fingerprint density at radius 1 is 1.25 bits per heavy atom. The number of anilines is 1. The summed E-state index contributed by atoms with van der Waals surface area (Å²) in [5.74, 6) is 0.448. The van der Waals surface area contributed by atoms with Crippen molar-refractivity contribution in [1.82, 2.24) is 10.2 Å². The summed E-state index contributed by atoms with van der Waals surface area (Å²) in [5, 5.41) is 18.0. The summed E-state index contributed by atoms with van der Waals surface area (Å²) in [5.41, 5.74) is 0. The molecule has 0 unspecified atom stereocenters. The fourth-order valence-corrected chi connectivity index (χ4v) is 3.71. The van der Waals surface area contributed by atoms with Crippen LogP contribution in [0, 0.1) is 5.92 Å². The quantitative estimate of drug-likeness (QED) is 0.883. The molecule has 0 aliphatic carbocycles. The summed E-state index contributed by atoms with van der Waals surface area (Å²) in [7, 11) is -3.70. The van der Waals surface area contributed by atoms with E-state index in [1.807, 2.05) is 0 Å². The fraction of sp³-hybridized carbons (Fsp3) is 0.333. The Hall–Kier alpha value is -1.67. The number of hydrogen-bond donors (Lipinski definition) is 2. The van der Waals surface area contributed by atoms with E-state index in [0.717, 1.165) is 11.4 Å². The van der Waals surface area contributed by atoms with Gasteiger partial charge in [0.25, 0.3) is 10.0 Å². The Kier molecular flexibility index (Phi) is 4.24. The zero-order valence-electron chi connectivity index (χ0n) is 11.1. The Morgan fingerprint density at radius 3 is 2.50 bits per heavy atom. The van der Waals surface area contributed by atoms with E-state index >= 15 is 0 Å². The Morgan fingerprint density at radius 2 is 1.90 bits per heavy atom. The molecule has 0 aliphatic rings. The highest BCUT2D eigenvalue weighted by atomic mass is 32.2. The van der Waals surface area contributed by atoms with Gasteiger partial charge in [-0.3, -0.25) is 4.72 Å². The van der Waals surface area contributed by atoms with E-state index in [0.29, 0.717) is 5.92 Å². The van der Waals surface area contributed by atoms with Gasteiger partial charge in [0.1, 0.15) is 10.8 Å². The van der Waals surface area contributed by atoms with Crippen molar-refractivity contribution in [2.24, 2.45) is 5.92 Å². The second-order valence-electron chi connectivity index (χ2n) is 4.70. The number of aromatic hydroxyl groups is 1. The average molecular weight is 313 g/mol. The summed E-state index contributed by atoms with van der Waals surface area (Å²) in [6.07, 6.45) is 0.763. The smallest absolute Gasteiger partial charge is 0.263 e. The van der Waals surface area contributed by atoms with Crippen LogP contribution >= 0.6 is 11.3 Å². The van der Waals surface area contributed by atoms with Gasteiger partial charge in [-0.05, 0) is 30.2 Å². The van der Waals surface area contributed by atoms with Gasteiger partial charge >= 0.3 is 0 Å². The Labute approximate surface area is 121 Å². The first-order valence-electron chi connectivity index (χ1n) is 6.01. The van der Waals surface area contributed by atoms with Crippen LogP contribution in [0.4, 0.5) is 5.13 Å². The maximum Gasteiger partial charge on any atom is 0.263 e. The van der Waals surface area contributed by atoms with Crippen molar-refractivity contribution in [3.63, 3.8) is 0 Å². The van der Waals surface area contributed by atoms with Crippen LogP contribution < -0.4 is 4.72 Å². The number of sulfonamides is 1. The third kappa shape index (κ3) is 3.67. The first-order chi connectivity index (χ1) is 9.37. The molecule has 0 saturated carbocycles. The predicted molar refractivity (Wildman–Crippen MR) is 77.4 cm³/mol. The number of phenols is 1. The minimum atomic E-state index is -3.70. The SMILES string of the molecule is CC(C)Cc1nnc(NS(=O)(=O)c2ccc(O)cc2)s1. The molecule has 0 radical (unpaired) electrons. The number of hydrogen-bond acceptors (Lipinski definition) is 6. The highest BCUT2D eigenvalue weighted by Gasteiger charge is 2.17. The van der Waals surface area contributed by atoms with E-state index in [1.165, 1.54) is 35.6 Å². The van der Waals surface area contributed by atoms with Crippen LogP contribution in [0.5, 0.6) is 5.75 Å². The summed E-state index contributed by atoms with van der Waals surface area (Å²) >= 11 is 1.22.